The summed E-state index contributed by atoms with van der Waals surface area (Å²) in [6, 6.07) is 112. The van der Waals surface area contributed by atoms with Crippen molar-refractivity contribution < 1.29 is 93.9 Å². The average molecular weight is 2030 g/mol. The maximum atomic E-state index is 7.18. The summed E-state index contributed by atoms with van der Waals surface area (Å²) < 4.78 is 5.67. The van der Waals surface area contributed by atoms with Gasteiger partial charge in [0.25, 0.3) is 0 Å². The van der Waals surface area contributed by atoms with E-state index < -0.39 is 31.7 Å². The van der Waals surface area contributed by atoms with Crippen molar-refractivity contribution in [2.75, 3.05) is 18.2 Å². The van der Waals surface area contributed by atoms with Crippen molar-refractivity contribution >= 4 is 96.1 Å². The Morgan fingerprint density at radius 2 is 0.505 bits per heavy atom. The zero-order chi connectivity index (χ0) is 62.4. The van der Waals surface area contributed by atoms with Crippen LogP contribution in [0.2, 0.25) is 0 Å². The summed E-state index contributed by atoms with van der Waals surface area (Å²) in [6.07, 6.45) is 34.8. The maximum Gasteiger partial charge on any atom is 1.00 e. The SMILES string of the molecule is [Au+].[Au+].[Au+].[Au+].[C-]#Cc1ccc2c(c1)-c1cc(C#[C-])ccc1C2.[C-]#Cc1ccc2oc3ccc(C#[C-])cc3c2c1.c1ccc([PH+](CCCC[PH+](c2ccccc2)c2ccccc2)c2ccccc2)cc1.c1ccc([PH+](C[PH+](c2ccccc2)c2ccccc2)c2ccccc2)cc1. The predicted molar refractivity (Wildman–Crippen MR) is 399 cm³/mol. The van der Waals surface area contributed by atoms with E-state index in [0.29, 0.717) is 11.1 Å². The van der Waals surface area contributed by atoms with Gasteiger partial charge in [-0.2, -0.15) is 0 Å². The average Bonchev–Trinajstić information content (AvgIpc) is 1.65. The van der Waals surface area contributed by atoms with Gasteiger partial charge in [0.05, 0.1) is 49.4 Å². The number of furan rings is 1. The molecule has 14 rings (SSSR count). The molecule has 1 heterocycles. The molecular formula is C86H68Au4OP4+4. The second kappa shape index (κ2) is 39.5. The molecule has 0 aliphatic heterocycles. The molecule has 0 unspecified atom stereocenters. The van der Waals surface area contributed by atoms with Gasteiger partial charge >= 0.3 is 89.5 Å². The third-order valence-electron chi connectivity index (χ3n) is 16.4. The Bertz CT molecular complexity index is 4190. The Balaban J connectivity index is 0.000000181. The predicted octanol–water partition coefficient (Wildman–Crippen LogP) is 16.8. The molecule has 1 aliphatic rings. The molecule has 0 bridgehead atoms. The first-order chi connectivity index (χ1) is 45.0. The van der Waals surface area contributed by atoms with Crippen LogP contribution in [0.15, 0.2) is 320 Å². The number of fused-ring (bicyclic) bond motifs is 6. The Hall–Kier alpha value is -6.64. The van der Waals surface area contributed by atoms with E-state index in [2.05, 4.69) is 278 Å². The van der Waals surface area contributed by atoms with Gasteiger partial charge in [-0.15, -0.1) is 70.8 Å². The summed E-state index contributed by atoms with van der Waals surface area (Å²) in [6.45, 7) is 0. The van der Waals surface area contributed by atoms with E-state index in [1.807, 2.05) is 48.5 Å². The van der Waals surface area contributed by atoms with Crippen LogP contribution in [-0.2, 0) is 95.9 Å². The first kappa shape index (κ1) is 75.7. The summed E-state index contributed by atoms with van der Waals surface area (Å²) >= 11 is 0. The molecule has 1 nitrogen and oxygen atoms in total. The van der Waals surface area contributed by atoms with Gasteiger partial charge in [-0.3, -0.25) is 23.7 Å². The minimum atomic E-state index is -0.847. The molecule has 0 saturated heterocycles. The van der Waals surface area contributed by atoms with Crippen molar-refractivity contribution in [2.24, 2.45) is 0 Å². The molecule has 13 aromatic rings. The minimum Gasteiger partial charge on any atom is -0.456 e. The molecule has 478 valence electrons. The summed E-state index contributed by atoms with van der Waals surface area (Å²) in [5.74, 6) is 10.8. The van der Waals surface area contributed by atoms with Crippen LogP contribution in [-0.4, -0.2) is 18.2 Å². The number of hydrogen-bond acceptors (Lipinski definition) is 1. The van der Waals surface area contributed by atoms with E-state index in [4.69, 9.17) is 30.1 Å². The summed E-state index contributed by atoms with van der Waals surface area (Å²) in [4.78, 5) is 0. The zero-order valence-electron chi connectivity index (χ0n) is 51.9. The Morgan fingerprint density at radius 3 is 0.758 bits per heavy atom. The fraction of sp³-hybridized carbons (Fsp3) is 0.0698. The fourth-order valence-electron chi connectivity index (χ4n) is 11.8. The number of rotatable bonds is 15. The molecule has 9 heteroatoms. The standard InChI is InChI=1S/C28H28P2.C25H22P2.C17H8.C16H6O.4Au/c1-5-15-25(16-6-1)29(26-17-7-2-8-18-26)23-13-14-24-30(27-19-9-3-10-20-27)28-21-11-4-12-22-28;1-5-13-22(14-6-1)26(23-15-7-2-8-16-23)21-27(24-17-9-3-10-18-24)25-19-11-4-12-20-25;1-3-12-5-7-14-11-15-8-6-13(4-2)10-17(15)16(14)9-12;1-3-11-5-7-15-13(9-11)14-10-12(4-2)6-8-16(14)17-15;;;;/h1-12,15-22H,13-14,23-24H2;1-20H,21H2;5-10H,11H2;5-10H;;;;/q;;2*-2;4*+1/p+4. The largest absolute Gasteiger partial charge is 1.00 e. The molecule has 0 radical (unpaired) electrons. The topological polar surface area (TPSA) is 13.1 Å². The molecular weight excluding hydrogens is 1960 g/mol. The van der Waals surface area contributed by atoms with Gasteiger partial charge in [-0.25, -0.2) is 0 Å². The molecule has 0 fully saturated rings. The van der Waals surface area contributed by atoms with Crippen LogP contribution in [0.4, 0.5) is 0 Å². The third kappa shape index (κ3) is 20.5. The quantitative estimate of drug-likeness (QED) is 0.0328. The van der Waals surface area contributed by atoms with Crippen LogP contribution in [0.25, 0.3) is 33.1 Å². The number of hydrogen-bond donors (Lipinski definition) is 0. The Morgan fingerprint density at radius 1 is 0.274 bits per heavy atom. The van der Waals surface area contributed by atoms with Gasteiger partial charge in [-0.05, 0) is 151 Å². The summed E-state index contributed by atoms with van der Waals surface area (Å²) in [7, 11) is -3.12. The second-order valence-electron chi connectivity index (χ2n) is 22.2. The maximum absolute atomic E-state index is 7.18. The monoisotopic (exact) mass is 2030 g/mol. The van der Waals surface area contributed by atoms with Crippen molar-refractivity contribution in [1.29, 1.82) is 0 Å². The molecule has 0 atom stereocenters. The second-order valence-corrected chi connectivity index (χ2v) is 33.0. The molecule has 0 N–H and O–H groups in total. The van der Waals surface area contributed by atoms with Crippen LogP contribution >= 0.6 is 31.7 Å². The van der Waals surface area contributed by atoms with Gasteiger partial charge in [0.2, 0.25) is 0 Å². The smallest absolute Gasteiger partial charge is 0.456 e. The van der Waals surface area contributed by atoms with E-state index in [1.165, 1.54) is 84.6 Å². The van der Waals surface area contributed by atoms with Gasteiger partial charge in [0, 0.05) is 10.8 Å². The van der Waals surface area contributed by atoms with Gasteiger partial charge in [-0.1, -0.05) is 158 Å². The molecule has 0 spiro atoms. The first-order valence-electron chi connectivity index (χ1n) is 30.8. The summed E-state index contributed by atoms with van der Waals surface area (Å²) in [5.41, 5.74) is 9.45. The van der Waals surface area contributed by atoms with Crippen LogP contribution in [0, 0.1) is 49.4 Å². The molecule has 0 amide bonds. The fourth-order valence-corrected chi connectivity index (χ4v) is 24.9. The zero-order valence-corrected chi connectivity index (χ0v) is 64.5. The van der Waals surface area contributed by atoms with Gasteiger partial charge in [0.15, 0.2) is 5.90 Å². The Kier molecular flexibility index (Phi) is 31.5. The first-order valence-corrected chi connectivity index (χ1v) is 37.6. The van der Waals surface area contributed by atoms with Crippen LogP contribution in [0.3, 0.4) is 0 Å². The van der Waals surface area contributed by atoms with Crippen molar-refractivity contribution in [3.05, 3.63) is 375 Å². The van der Waals surface area contributed by atoms with E-state index in [-0.39, 0.29) is 89.5 Å². The van der Waals surface area contributed by atoms with Crippen molar-refractivity contribution in [1.82, 2.24) is 0 Å². The Labute approximate surface area is 630 Å². The van der Waals surface area contributed by atoms with Crippen LogP contribution in [0.1, 0.15) is 46.2 Å². The molecule has 0 saturated carbocycles. The van der Waals surface area contributed by atoms with Crippen LogP contribution < -0.4 is 42.4 Å². The third-order valence-corrected chi connectivity index (χ3v) is 29.2. The van der Waals surface area contributed by atoms with Crippen LogP contribution in [0.5, 0.6) is 0 Å². The minimum absolute atomic E-state index is 0. The molecule has 1 aliphatic carbocycles. The van der Waals surface area contributed by atoms with Gasteiger partial charge < -0.3 is 30.1 Å². The number of benzene rings is 12. The van der Waals surface area contributed by atoms with Crippen molar-refractivity contribution in [3.63, 3.8) is 0 Å². The molecule has 1 aromatic heterocycles. The normalized spacial score (nSPS) is 10.5. The van der Waals surface area contributed by atoms with Crippen molar-refractivity contribution in [3.8, 4) is 34.8 Å². The van der Waals surface area contributed by atoms with E-state index in [0.717, 1.165) is 50.6 Å². The molecule has 95 heavy (non-hydrogen) atoms. The van der Waals surface area contributed by atoms with Crippen molar-refractivity contribution in [2.45, 2.75) is 19.3 Å². The van der Waals surface area contributed by atoms with E-state index >= 15 is 0 Å². The number of unbranched alkanes of at least 4 members (excludes halogenated alkanes) is 1. The van der Waals surface area contributed by atoms with Gasteiger partial charge in [0.1, 0.15) is 48.2 Å². The van der Waals surface area contributed by atoms with E-state index in [1.54, 1.807) is 12.1 Å². The summed E-state index contributed by atoms with van der Waals surface area (Å²) in [5, 5.41) is 14.0. The van der Waals surface area contributed by atoms with E-state index in [9.17, 15) is 0 Å². The molecule has 12 aromatic carbocycles.